The average molecular weight is 294 g/mol. The fourth-order valence-corrected chi connectivity index (χ4v) is 2.14. The Morgan fingerprint density at radius 3 is 2.95 bits per heavy atom. The summed E-state index contributed by atoms with van der Waals surface area (Å²) < 4.78 is 14.3. The summed E-state index contributed by atoms with van der Waals surface area (Å²) in [5.74, 6) is 6.02. The second kappa shape index (κ2) is 6.35. The van der Waals surface area contributed by atoms with Crippen LogP contribution in [0.2, 0.25) is 0 Å². The van der Waals surface area contributed by atoms with E-state index in [0.29, 0.717) is 17.8 Å². The summed E-state index contributed by atoms with van der Waals surface area (Å²) in [7, 11) is 0. The molecule has 22 heavy (non-hydrogen) atoms. The van der Waals surface area contributed by atoms with E-state index in [1.54, 1.807) is 22.7 Å². The molecule has 0 bridgehead atoms. The van der Waals surface area contributed by atoms with E-state index in [1.165, 1.54) is 0 Å². The van der Waals surface area contributed by atoms with Crippen molar-refractivity contribution in [1.82, 2.24) is 19.6 Å². The summed E-state index contributed by atoms with van der Waals surface area (Å²) >= 11 is 0. The van der Waals surface area contributed by atoms with E-state index >= 15 is 0 Å². The summed E-state index contributed by atoms with van der Waals surface area (Å²) in [6.45, 7) is 1.38. The van der Waals surface area contributed by atoms with Gasteiger partial charge in [0.05, 0.1) is 11.4 Å². The van der Waals surface area contributed by atoms with Crippen LogP contribution >= 0.6 is 0 Å². The van der Waals surface area contributed by atoms with Gasteiger partial charge in [-0.1, -0.05) is 12.0 Å². The lowest BCUT2D eigenvalue weighted by Crippen LogP contribution is -1.95. The largest absolute Gasteiger partial charge is 0.244 e. The first-order valence-corrected chi connectivity index (χ1v) is 7.07. The van der Waals surface area contributed by atoms with Crippen LogP contribution in [-0.4, -0.2) is 19.6 Å². The zero-order chi connectivity index (χ0) is 15.4. The number of hydrogen-bond donors (Lipinski definition) is 0. The Kier molecular flexibility index (Phi) is 4.10. The first-order chi connectivity index (χ1) is 10.7. The van der Waals surface area contributed by atoms with Gasteiger partial charge in [0.25, 0.3) is 0 Å². The summed E-state index contributed by atoms with van der Waals surface area (Å²) in [6.07, 6.45) is 3.35. The topological polar surface area (TPSA) is 43.1 Å². The number of aromatic nitrogens is 4. The number of alkyl halides is 1. The van der Waals surface area contributed by atoms with Gasteiger partial charge < -0.3 is 0 Å². The molecule has 0 saturated heterocycles. The van der Waals surface area contributed by atoms with Crippen molar-refractivity contribution in [3.05, 3.63) is 59.3 Å². The fraction of sp³-hybridized carbons (Fsp3) is 0.235. The van der Waals surface area contributed by atoms with Crippen LogP contribution in [0.4, 0.5) is 4.39 Å². The van der Waals surface area contributed by atoms with Crippen LogP contribution in [-0.2, 0) is 13.1 Å². The second-order valence-electron chi connectivity index (χ2n) is 4.96. The Balaban J connectivity index is 1.65. The van der Waals surface area contributed by atoms with Crippen molar-refractivity contribution in [2.24, 2.45) is 0 Å². The normalized spacial score (nSPS) is 10.5. The van der Waals surface area contributed by atoms with Crippen LogP contribution in [0.15, 0.2) is 36.5 Å². The quantitative estimate of drug-likeness (QED) is 0.698. The molecule has 0 spiro atoms. The molecule has 0 radical (unpaired) electrons. The molecule has 3 heterocycles. The molecular weight excluding hydrogens is 279 g/mol. The molecule has 0 aliphatic rings. The van der Waals surface area contributed by atoms with Crippen molar-refractivity contribution in [2.45, 2.75) is 26.4 Å². The van der Waals surface area contributed by atoms with E-state index in [4.69, 9.17) is 0 Å². The maximum atomic E-state index is 12.5. The van der Waals surface area contributed by atoms with Gasteiger partial charge in [-0.2, -0.15) is 5.10 Å². The fourth-order valence-electron chi connectivity index (χ4n) is 2.14. The third-order valence-corrected chi connectivity index (χ3v) is 3.17. The highest BCUT2D eigenvalue weighted by Gasteiger charge is 2.00. The number of aryl methyl sites for hydroxylation is 2. The molecule has 0 atom stereocenters. The van der Waals surface area contributed by atoms with Crippen LogP contribution in [0.5, 0.6) is 0 Å². The molecule has 110 valence electrons. The van der Waals surface area contributed by atoms with Gasteiger partial charge in [-0.3, -0.25) is 0 Å². The van der Waals surface area contributed by atoms with E-state index in [-0.39, 0.29) is 0 Å². The molecule has 0 aliphatic heterocycles. The Labute approximate surface area is 128 Å². The third-order valence-electron chi connectivity index (χ3n) is 3.17. The molecule has 0 N–H and O–H groups in total. The maximum absolute atomic E-state index is 12.5. The van der Waals surface area contributed by atoms with Gasteiger partial charge in [0.2, 0.25) is 0 Å². The first-order valence-electron chi connectivity index (χ1n) is 7.07. The van der Waals surface area contributed by atoms with E-state index in [9.17, 15) is 4.39 Å². The summed E-state index contributed by atoms with van der Waals surface area (Å²) in [6, 6.07) is 9.09. The lowest BCUT2D eigenvalue weighted by molar-refractivity contribution is 0.476. The van der Waals surface area contributed by atoms with E-state index in [0.717, 1.165) is 23.5 Å². The molecule has 3 rings (SSSR count). The predicted molar refractivity (Wildman–Crippen MR) is 82.0 cm³/mol. The van der Waals surface area contributed by atoms with Gasteiger partial charge in [0.15, 0.2) is 5.65 Å². The minimum Gasteiger partial charge on any atom is -0.244 e. The smallest absolute Gasteiger partial charge is 0.155 e. The van der Waals surface area contributed by atoms with Crippen LogP contribution in [0, 0.1) is 18.8 Å². The van der Waals surface area contributed by atoms with Gasteiger partial charge in [-0.05, 0) is 31.0 Å². The number of rotatable bonds is 3. The van der Waals surface area contributed by atoms with Crippen molar-refractivity contribution in [3.63, 3.8) is 0 Å². The van der Waals surface area contributed by atoms with Gasteiger partial charge in [0.1, 0.15) is 12.4 Å². The van der Waals surface area contributed by atoms with Crippen molar-refractivity contribution >= 4 is 5.65 Å². The molecule has 5 heteroatoms. The van der Waals surface area contributed by atoms with Crippen LogP contribution in [0.3, 0.4) is 0 Å². The molecule has 0 aromatic carbocycles. The standard InChI is InChI=1S/C17H15FN4/c1-13-11-17-20-15(9-10-22(17)21-13)6-3-2-5-14-7-4-8-16(12-18)19-14/h4,7-11H,3,6,12H2,1H3. The number of halogens is 1. The average Bonchev–Trinajstić information content (AvgIpc) is 2.91. The van der Waals surface area contributed by atoms with Gasteiger partial charge in [-0.15, -0.1) is 0 Å². The lowest BCUT2D eigenvalue weighted by Gasteiger charge is -1.97. The number of fused-ring (bicyclic) bond motifs is 1. The molecule has 3 aromatic rings. The molecule has 0 fully saturated rings. The second-order valence-corrected chi connectivity index (χ2v) is 4.96. The minimum atomic E-state index is -0.565. The minimum absolute atomic E-state index is 0.412. The molecular formula is C17H15FN4. The van der Waals surface area contributed by atoms with E-state index in [1.807, 2.05) is 25.3 Å². The summed E-state index contributed by atoms with van der Waals surface area (Å²) in [4.78, 5) is 8.64. The summed E-state index contributed by atoms with van der Waals surface area (Å²) in [5.41, 5.74) is 3.79. The Morgan fingerprint density at radius 1 is 1.18 bits per heavy atom. The Bertz CT molecular complexity index is 858. The van der Waals surface area contributed by atoms with Crippen molar-refractivity contribution in [2.75, 3.05) is 0 Å². The lowest BCUT2D eigenvalue weighted by atomic mass is 10.2. The van der Waals surface area contributed by atoms with E-state index in [2.05, 4.69) is 26.9 Å². The number of nitrogens with zero attached hydrogens (tertiary/aromatic N) is 4. The molecule has 4 nitrogen and oxygen atoms in total. The Morgan fingerprint density at radius 2 is 2.09 bits per heavy atom. The zero-order valence-electron chi connectivity index (χ0n) is 12.3. The molecule has 0 unspecified atom stereocenters. The monoisotopic (exact) mass is 294 g/mol. The van der Waals surface area contributed by atoms with Crippen molar-refractivity contribution in [1.29, 1.82) is 0 Å². The molecule has 0 amide bonds. The van der Waals surface area contributed by atoms with Gasteiger partial charge in [-0.25, -0.2) is 18.9 Å². The SMILES string of the molecule is Cc1cc2nc(CCC#Cc3cccc(CF)n3)ccn2n1. The van der Waals surface area contributed by atoms with Crippen molar-refractivity contribution < 1.29 is 4.39 Å². The van der Waals surface area contributed by atoms with E-state index < -0.39 is 6.67 Å². The maximum Gasteiger partial charge on any atom is 0.155 e. The number of hydrogen-bond acceptors (Lipinski definition) is 3. The molecule has 0 saturated carbocycles. The van der Waals surface area contributed by atoms with Crippen LogP contribution in [0.25, 0.3) is 5.65 Å². The predicted octanol–water partition coefficient (Wildman–Crippen LogP) is 2.89. The van der Waals surface area contributed by atoms with Crippen LogP contribution < -0.4 is 0 Å². The van der Waals surface area contributed by atoms with Gasteiger partial charge in [0, 0.05) is 30.8 Å². The zero-order valence-corrected chi connectivity index (χ0v) is 12.3. The number of pyridine rings is 1. The molecule has 0 aliphatic carbocycles. The van der Waals surface area contributed by atoms with Crippen molar-refractivity contribution in [3.8, 4) is 11.8 Å². The Hall–Kier alpha value is -2.74. The third kappa shape index (κ3) is 3.29. The molecule has 3 aromatic heterocycles. The first kappa shape index (κ1) is 14.2. The summed E-state index contributed by atoms with van der Waals surface area (Å²) in [5, 5.41) is 4.29. The highest BCUT2D eigenvalue weighted by atomic mass is 19.1. The van der Waals surface area contributed by atoms with Crippen LogP contribution in [0.1, 0.15) is 29.2 Å². The highest BCUT2D eigenvalue weighted by molar-refractivity contribution is 5.39. The van der Waals surface area contributed by atoms with Gasteiger partial charge >= 0.3 is 0 Å². The highest BCUT2D eigenvalue weighted by Crippen LogP contribution is 2.06.